The van der Waals surface area contributed by atoms with Crippen molar-refractivity contribution in [1.82, 2.24) is 14.9 Å². The molecule has 1 aliphatic rings. The molecule has 2 rings (SSSR count). The number of nitro groups is 1. The highest BCUT2D eigenvalue weighted by Crippen LogP contribution is 2.32. The lowest BCUT2D eigenvalue weighted by molar-refractivity contribution is -0.384. The lowest BCUT2D eigenvalue weighted by Crippen LogP contribution is -2.45. The minimum Gasteiger partial charge on any atom is -0.278 e. The van der Waals surface area contributed by atoms with Crippen molar-refractivity contribution >= 4 is 37.8 Å². The number of non-ortho nitro benzene ring substituents is 1. The van der Waals surface area contributed by atoms with E-state index in [-0.39, 0.29) is 16.7 Å². The lowest BCUT2D eigenvalue weighted by atomic mass is 10.0. The van der Waals surface area contributed by atoms with Crippen LogP contribution in [-0.4, -0.2) is 46.1 Å². The number of nitrogens with one attached hydrogen (secondary N) is 1. The molecule has 0 bridgehead atoms. The average Bonchev–Trinajstić information content (AvgIpc) is 2.55. The summed E-state index contributed by atoms with van der Waals surface area (Å²) in [6.07, 6.45) is 0.936. The Morgan fingerprint density at radius 1 is 1.32 bits per heavy atom. The van der Waals surface area contributed by atoms with E-state index in [1.165, 1.54) is 0 Å². The highest BCUT2D eigenvalue weighted by molar-refractivity contribution is 7.32. The summed E-state index contributed by atoms with van der Waals surface area (Å²) in [7, 11) is 0.449. The van der Waals surface area contributed by atoms with Gasteiger partial charge in [0, 0.05) is 58.5 Å². The standard InChI is InChI=1S/C13H19Cl2N4O2P/c14-6-9-17(10-7-15)18-8-5-13(16-22-18)11-1-3-12(4-2-11)19(20)21/h1-4,13,16,22H,5-10H2. The fraction of sp³-hybridized carbons (Fsp3) is 0.538. The molecule has 1 aliphatic heterocycles. The Kier molecular flexibility index (Phi) is 7.28. The number of hydrogen-bond acceptors (Lipinski definition) is 5. The molecule has 0 spiro atoms. The van der Waals surface area contributed by atoms with E-state index in [2.05, 4.69) is 14.9 Å². The summed E-state index contributed by atoms with van der Waals surface area (Å²) in [5, 5.41) is 16.4. The van der Waals surface area contributed by atoms with Gasteiger partial charge in [0.25, 0.3) is 5.69 Å². The Labute approximate surface area is 141 Å². The zero-order valence-corrected chi connectivity index (χ0v) is 14.6. The molecule has 1 fully saturated rings. The summed E-state index contributed by atoms with van der Waals surface area (Å²) >= 11 is 11.7. The van der Waals surface area contributed by atoms with E-state index in [1.54, 1.807) is 12.1 Å². The number of benzene rings is 1. The number of nitrogens with zero attached hydrogens (tertiary/aromatic N) is 3. The smallest absolute Gasteiger partial charge is 0.269 e. The molecule has 0 radical (unpaired) electrons. The maximum atomic E-state index is 10.7. The lowest BCUT2D eigenvalue weighted by Gasteiger charge is -2.39. The summed E-state index contributed by atoms with van der Waals surface area (Å²) in [6.45, 7) is 2.48. The van der Waals surface area contributed by atoms with Crippen molar-refractivity contribution in [2.75, 3.05) is 31.4 Å². The number of hydrazine groups is 1. The van der Waals surface area contributed by atoms with Crippen LogP contribution in [0.4, 0.5) is 5.69 Å². The zero-order valence-electron chi connectivity index (χ0n) is 12.0. The van der Waals surface area contributed by atoms with Crippen molar-refractivity contribution in [2.45, 2.75) is 12.5 Å². The molecular weight excluding hydrogens is 346 g/mol. The molecule has 6 nitrogen and oxygen atoms in total. The van der Waals surface area contributed by atoms with Gasteiger partial charge < -0.3 is 0 Å². The maximum absolute atomic E-state index is 10.7. The molecule has 1 aromatic carbocycles. The molecule has 1 aromatic rings. The van der Waals surface area contributed by atoms with Crippen LogP contribution in [-0.2, 0) is 0 Å². The molecule has 0 saturated carbocycles. The van der Waals surface area contributed by atoms with Crippen molar-refractivity contribution < 1.29 is 4.92 Å². The van der Waals surface area contributed by atoms with Gasteiger partial charge in [0.05, 0.1) is 4.92 Å². The van der Waals surface area contributed by atoms with Gasteiger partial charge >= 0.3 is 0 Å². The van der Waals surface area contributed by atoms with Crippen LogP contribution in [0.5, 0.6) is 0 Å². The highest BCUT2D eigenvalue weighted by Gasteiger charge is 2.24. The van der Waals surface area contributed by atoms with Gasteiger partial charge in [-0.05, 0) is 12.0 Å². The van der Waals surface area contributed by atoms with Gasteiger partial charge in [0.1, 0.15) is 0 Å². The maximum Gasteiger partial charge on any atom is 0.269 e. The molecule has 122 valence electrons. The fourth-order valence-electron chi connectivity index (χ4n) is 2.37. The third-order valence-corrected chi connectivity index (χ3v) is 5.11. The van der Waals surface area contributed by atoms with Gasteiger partial charge in [0.2, 0.25) is 0 Å². The van der Waals surface area contributed by atoms with Crippen LogP contribution in [0.3, 0.4) is 0 Å². The Morgan fingerprint density at radius 2 is 1.95 bits per heavy atom. The third kappa shape index (κ3) is 4.75. The molecule has 1 saturated heterocycles. The monoisotopic (exact) mass is 364 g/mol. The van der Waals surface area contributed by atoms with Crippen molar-refractivity contribution in [3.63, 3.8) is 0 Å². The molecule has 0 amide bonds. The predicted octanol–water partition coefficient (Wildman–Crippen LogP) is 3.13. The van der Waals surface area contributed by atoms with Crippen molar-refractivity contribution in [3.05, 3.63) is 39.9 Å². The van der Waals surface area contributed by atoms with Crippen LogP contribution in [0.25, 0.3) is 0 Å². The van der Waals surface area contributed by atoms with Gasteiger partial charge in [0.15, 0.2) is 0 Å². The normalized spacial score (nSPS) is 20.6. The van der Waals surface area contributed by atoms with Crippen LogP contribution in [0.1, 0.15) is 18.0 Å². The Bertz CT molecular complexity index is 477. The molecule has 22 heavy (non-hydrogen) atoms. The van der Waals surface area contributed by atoms with E-state index in [0.717, 1.165) is 31.6 Å². The number of nitro benzene ring substituents is 1. The van der Waals surface area contributed by atoms with E-state index in [1.807, 2.05) is 12.1 Å². The number of rotatable bonds is 7. The van der Waals surface area contributed by atoms with Gasteiger partial charge in [-0.25, -0.2) is 9.79 Å². The Balaban J connectivity index is 1.92. The molecule has 2 unspecified atom stereocenters. The summed E-state index contributed by atoms with van der Waals surface area (Å²) in [5.41, 5.74) is 1.21. The minimum absolute atomic E-state index is 0.124. The van der Waals surface area contributed by atoms with E-state index in [0.29, 0.717) is 20.6 Å². The molecule has 1 N–H and O–H groups in total. The first-order valence-corrected chi connectivity index (χ1v) is 9.07. The summed E-state index contributed by atoms with van der Waals surface area (Å²) in [5.74, 6) is 1.15. The predicted molar refractivity (Wildman–Crippen MR) is 91.6 cm³/mol. The fourth-order valence-corrected chi connectivity index (χ4v) is 3.96. The quantitative estimate of drug-likeness (QED) is 0.348. The summed E-state index contributed by atoms with van der Waals surface area (Å²) in [6, 6.07) is 6.99. The van der Waals surface area contributed by atoms with Crippen LogP contribution >= 0.6 is 32.1 Å². The third-order valence-electron chi connectivity index (χ3n) is 3.53. The van der Waals surface area contributed by atoms with E-state index in [9.17, 15) is 10.1 Å². The molecular formula is C13H19Cl2N4O2P. The van der Waals surface area contributed by atoms with E-state index >= 15 is 0 Å². The van der Waals surface area contributed by atoms with Gasteiger partial charge in [-0.1, -0.05) is 12.1 Å². The summed E-state index contributed by atoms with van der Waals surface area (Å²) in [4.78, 5) is 10.3. The first-order chi connectivity index (χ1) is 10.7. The zero-order chi connectivity index (χ0) is 15.9. The van der Waals surface area contributed by atoms with Crippen LogP contribution in [0.15, 0.2) is 24.3 Å². The van der Waals surface area contributed by atoms with Gasteiger partial charge in [-0.3, -0.25) is 15.2 Å². The van der Waals surface area contributed by atoms with Gasteiger partial charge in [-0.15, -0.1) is 23.2 Å². The minimum atomic E-state index is -0.377. The number of alkyl halides is 2. The second kappa shape index (κ2) is 8.96. The van der Waals surface area contributed by atoms with E-state index < -0.39 is 0 Å². The first-order valence-electron chi connectivity index (χ1n) is 7.05. The number of hydrogen-bond donors (Lipinski definition) is 1. The summed E-state index contributed by atoms with van der Waals surface area (Å²) < 4.78 is 2.24. The topological polar surface area (TPSA) is 61.7 Å². The molecule has 0 aliphatic carbocycles. The van der Waals surface area contributed by atoms with Crippen LogP contribution in [0.2, 0.25) is 0 Å². The molecule has 2 atom stereocenters. The molecule has 9 heteroatoms. The van der Waals surface area contributed by atoms with Crippen molar-refractivity contribution in [2.24, 2.45) is 0 Å². The van der Waals surface area contributed by atoms with Crippen LogP contribution in [0, 0.1) is 10.1 Å². The second-order valence-corrected chi connectivity index (χ2v) is 6.69. The highest BCUT2D eigenvalue weighted by atomic mass is 35.5. The van der Waals surface area contributed by atoms with Gasteiger partial charge in [-0.2, -0.15) is 0 Å². The van der Waals surface area contributed by atoms with Crippen molar-refractivity contribution in [1.29, 1.82) is 0 Å². The first kappa shape index (κ1) is 17.9. The Hall–Kier alpha value is -0.490. The second-order valence-electron chi connectivity index (χ2n) is 4.90. The largest absolute Gasteiger partial charge is 0.278 e. The average molecular weight is 365 g/mol. The van der Waals surface area contributed by atoms with E-state index in [4.69, 9.17) is 23.2 Å². The van der Waals surface area contributed by atoms with Crippen LogP contribution < -0.4 is 5.09 Å². The molecule has 0 aromatic heterocycles. The number of halogens is 2. The Morgan fingerprint density at radius 3 is 2.41 bits per heavy atom. The SMILES string of the molecule is O=[N+]([O-])c1ccc(C2CCN(N(CCCl)CCCl)PN2)cc1. The van der Waals surface area contributed by atoms with Crippen molar-refractivity contribution in [3.8, 4) is 0 Å². The molecule has 1 heterocycles.